The number of aromatic nitrogens is 1. The van der Waals surface area contributed by atoms with Gasteiger partial charge in [0.25, 0.3) is 0 Å². The lowest BCUT2D eigenvalue weighted by Gasteiger charge is -2.21. The fourth-order valence-corrected chi connectivity index (χ4v) is 3.22. The quantitative estimate of drug-likeness (QED) is 0.482. The lowest BCUT2D eigenvalue weighted by molar-refractivity contribution is -0.190. The molecule has 0 radical (unpaired) electrons. The van der Waals surface area contributed by atoms with Gasteiger partial charge in [0.1, 0.15) is 29.4 Å². The second kappa shape index (κ2) is 8.40. The predicted octanol–water partition coefficient (Wildman–Crippen LogP) is 4.17. The highest BCUT2D eigenvalue weighted by atomic mass is 35.5. The van der Waals surface area contributed by atoms with E-state index in [-0.39, 0.29) is 23.6 Å². The predicted molar refractivity (Wildman–Crippen MR) is 106 cm³/mol. The number of rotatable bonds is 7. The molecule has 2 heterocycles. The van der Waals surface area contributed by atoms with Crippen LogP contribution in [0.25, 0.3) is 0 Å². The lowest BCUT2D eigenvalue weighted by Crippen LogP contribution is -2.38. The van der Waals surface area contributed by atoms with Gasteiger partial charge in [-0.05, 0) is 51.8 Å². The van der Waals surface area contributed by atoms with Crippen molar-refractivity contribution in [1.82, 2.24) is 10.4 Å². The van der Waals surface area contributed by atoms with Gasteiger partial charge in [-0.1, -0.05) is 11.6 Å². The van der Waals surface area contributed by atoms with Crippen molar-refractivity contribution in [3.8, 4) is 0 Å². The second-order valence-corrected chi connectivity index (χ2v) is 8.93. The van der Waals surface area contributed by atoms with E-state index in [9.17, 15) is 22.8 Å². The molecule has 1 aromatic heterocycles. The number of hydrogen-bond donors (Lipinski definition) is 1. The zero-order chi connectivity index (χ0) is 23.0. The third-order valence-corrected chi connectivity index (χ3v) is 5.08. The van der Waals surface area contributed by atoms with Crippen LogP contribution in [0.2, 0.25) is 5.15 Å². The summed E-state index contributed by atoms with van der Waals surface area (Å²) < 4.78 is 49.5. The molecule has 2 aliphatic rings. The average molecular weight is 462 g/mol. The smallest absolute Gasteiger partial charge is 0.394 e. The Labute approximate surface area is 182 Å². The first-order chi connectivity index (χ1) is 14.3. The van der Waals surface area contributed by atoms with Crippen molar-refractivity contribution < 1.29 is 32.2 Å². The van der Waals surface area contributed by atoms with Crippen molar-refractivity contribution >= 4 is 29.2 Å². The van der Waals surface area contributed by atoms with Crippen LogP contribution in [0.5, 0.6) is 0 Å². The molecule has 1 aromatic rings. The van der Waals surface area contributed by atoms with Gasteiger partial charge in [0.15, 0.2) is 5.78 Å². The van der Waals surface area contributed by atoms with Crippen LogP contribution in [0.4, 0.5) is 19.0 Å². The molecule has 1 saturated carbocycles. The first kappa shape index (κ1) is 23.5. The number of pyridine rings is 1. The van der Waals surface area contributed by atoms with Crippen LogP contribution < -0.4 is 10.4 Å². The number of hydrazine groups is 1. The third kappa shape index (κ3) is 5.75. The van der Waals surface area contributed by atoms with Gasteiger partial charge in [0.2, 0.25) is 0 Å². The van der Waals surface area contributed by atoms with Gasteiger partial charge in [-0.25, -0.2) is 9.78 Å². The Balaban J connectivity index is 1.52. The molecule has 170 valence electrons. The standard InChI is InChI=1S/C20H23ClF3N3O4/c1-18(2,3)31-17(29)13-4-5-14(25-16(13)21)27-9-6-15(26-27)30-11-12(28)10-19(7-8-19)20(22,23)24/h4-6,9,15,26H,7-8,10-11H2,1-3H3. The summed E-state index contributed by atoms with van der Waals surface area (Å²) in [6, 6.07) is 3.01. The molecule has 7 nitrogen and oxygen atoms in total. The summed E-state index contributed by atoms with van der Waals surface area (Å²) in [7, 11) is 0. The minimum atomic E-state index is -4.37. The average Bonchev–Trinajstić information content (AvgIpc) is 3.26. The van der Waals surface area contributed by atoms with E-state index >= 15 is 0 Å². The van der Waals surface area contributed by atoms with E-state index in [1.165, 1.54) is 17.1 Å². The van der Waals surface area contributed by atoms with E-state index in [1.807, 2.05) is 0 Å². The van der Waals surface area contributed by atoms with Gasteiger partial charge in [-0.15, -0.1) is 0 Å². The maximum atomic E-state index is 13.0. The number of carbonyl (C=O) groups excluding carboxylic acids is 2. The van der Waals surface area contributed by atoms with Crippen LogP contribution in [-0.2, 0) is 14.3 Å². The fourth-order valence-electron chi connectivity index (χ4n) is 2.99. The minimum Gasteiger partial charge on any atom is -0.456 e. The zero-order valence-corrected chi connectivity index (χ0v) is 18.0. The summed E-state index contributed by atoms with van der Waals surface area (Å²) in [5.74, 6) is -0.861. The van der Waals surface area contributed by atoms with E-state index in [2.05, 4.69) is 10.4 Å². The van der Waals surface area contributed by atoms with Crippen LogP contribution in [-0.4, -0.2) is 41.3 Å². The van der Waals surface area contributed by atoms with Crippen LogP contribution in [0.15, 0.2) is 24.4 Å². The van der Waals surface area contributed by atoms with E-state index < -0.39 is 48.2 Å². The molecule has 0 amide bonds. The Hall–Kier alpha value is -2.17. The summed E-state index contributed by atoms with van der Waals surface area (Å²) >= 11 is 6.12. The summed E-state index contributed by atoms with van der Waals surface area (Å²) in [6.45, 7) is 4.76. The van der Waals surface area contributed by atoms with Crippen molar-refractivity contribution in [2.45, 2.75) is 58.0 Å². The highest BCUT2D eigenvalue weighted by molar-refractivity contribution is 6.32. The van der Waals surface area contributed by atoms with Gasteiger partial charge < -0.3 is 9.47 Å². The molecule has 1 unspecified atom stereocenters. The number of anilines is 1. The van der Waals surface area contributed by atoms with Crippen molar-refractivity contribution in [1.29, 1.82) is 0 Å². The van der Waals surface area contributed by atoms with Gasteiger partial charge in [-0.2, -0.15) is 18.6 Å². The molecular weight excluding hydrogens is 439 g/mol. The van der Waals surface area contributed by atoms with Crippen molar-refractivity contribution in [3.05, 3.63) is 35.1 Å². The Morgan fingerprint density at radius 3 is 2.52 bits per heavy atom. The number of nitrogens with one attached hydrogen (secondary N) is 1. The molecule has 11 heteroatoms. The summed E-state index contributed by atoms with van der Waals surface area (Å²) in [5, 5.41) is 1.40. The van der Waals surface area contributed by atoms with E-state index in [0.29, 0.717) is 5.82 Å². The molecule has 0 aromatic carbocycles. The van der Waals surface area contributed by atoms with Crippen LogP contribution in [0.1, 0.15) is 50.4 Å². The largest absolute Gasteiger partial charge is 0.456 e. The number of hydrogen-bond acceptors (Lipinski definition) is 7. The van der Waals surface area contributed by atoms with Crippen molar-refractivity contribution in [2.75, 3.05) is 11.6 Å². The Bertz CT molecular complexity index is 895. The first-order valence-electron chi connectivity index (χ1n) is 9.63. The fraction of sp³-hybridized carbons (Fsp3) is 0.550. The van der Waals surface area contributed by atoms with E-state index in [4.69, 9.17) is 21.1 Å². The number of esters is 1. The van der Waals surface area contributed by atoms with Crippen molar-refractivity contribution in [2.24, 2.45) is 5.41 Å². The maximum absolute atomic E-state index is 13.0. The third-order valence-electron chi connectivity index (χ3n) is 4.79. The van der Waals surface area contributed by atoms with Crippen LogP contribution >= 0.6 is 11.6 Å². The van der Waals surface area contributed by atoms with Gasteiger partial charge in [-0.3, -0.25) is 9.80 Å². The molecule has 31 heavy (non-hydrogen) atoms. The number of ketones is 1. The Morgan fingerprint density at radius 1 is 1.29 bits per heavy atom. The summed E-state index contributed by atoms with van der Waals surface area (Å²) in [6.07, 6.45) is -2.58. The normalized spacial score (nSPS) is 20.1. The monoisotopic (exact) mass is 461 g/mol. The molecule has 1 N–H and O–H groups in total. The topological polar surface area (TPSA) is 80.8 Å². The summed E-state index contributed by atoms with van der Waals surface area (Å²) in [5.41, 5.74) is 0.424. The molecule has 3 rings (SSSR count). The molecule has 1 fully saturated rings. The number of nitrogens with zero attached hydrogens (tertiary/aromatic N) is 2. The van der Waals surface area contributed by atoms with Gasteiger partial charge in [0, 0.05) is 12.6 Å². The maximum Gasteiger partial charge on any atom is 0.394 e. The Kier molecular flexibility index (Phi) is 6.37. The van der Waals surface area contributed by atoms with Crippen molar-refractivity contribution in [3.63, 3.8) is 0 Å². The lowest BCUT2D eigenvalue weighted by atomic mass is 9.99. The highest BCUT2D eigenvalue weighted by Gasteiger charge is 2.63. The second-order valence-electron chi connectivity index (χ2n) is 8.58. The minimum absolute atomic E-state index is 0.0245. The van der Waals surface area contributed by atoms with Crippen LogP contribution in [0, 0.1) is 5.41 Å². The molecule has 0 saturated heterocycles. The Morgan fingerprint density at radius 2 is 1.97 bits per heavy atom. The molecule has 1 aliphatic carbocycles. The highest BCUT2D eigenvalue weighted by Crippen LogP contribution is 2.60. The molecule has 1 aliphatic heterocycles. The first-order valence-corrected chi connectivity index (χ1v) is 10.0. The molecular formula is C20H23ClF3N3O4. The zero-order valence-electron chi connectivity index (χ0n) is 17.3. The van der Waals surface area contributed by atoms with E-state index in [0.717, 1.165) is 0 Å². The molecule has 0 spiro atoms. The molecule has 0 bridgehead atoms. The molecule has 1 atom stereocenters. The van der Waals surface area contributed by atoms with Gasteiger partial charge >= 0.3 is 12.1 Å². The van der Waals surface area contributed by atoms with Gasteiger partial charge in [0.05, 0.1) is 11.0 Å². The number of ether oxygens (including phenoxy) is 2. The number of alkyl halides is 3. The summed E-state index contributed by atoms with van der Waals surface area (Å²) in [4.78, 5) is 28.3. The number of halogens is 4. The SMILES string of the molecule is CC(C)(C)OC(=O)c1ccc(N2C=CC(OCC(=O)CC3(C(F)(F)F)CC3)N2)nc1Cl. The van der Waals surface area contributed by atoms with Crippen LogP contribution in [0.3, 0.4) is 0 Å². The number of Topliss-reactive ketones (excluding diaryl/α,β-unsaturated/α-hetero) is 1. The number of carbonyl (C=O) groups is 2. The van der Waals surface area contributed by atoms with E-state index in [1.54, 1.807) is 33.0 Å².